The Labute approximate surface area is 207 Å². The highest BCUT2D eigenvalue weighted by molar-refractivity contribution is 4.92. The second kappa shape index (κ2) is 14.0. The molecule has 2 rings (SSSR count). The van der Waals surface area contributed by atoms with Gasteiger partial charge in [0.15, 0.2) is 12.6 Å². The van der Waals surface area contributed by atoms with Gasteiger partial charge in [0, 0.05) is 0 Å². The Kier molecular flexibility index (Phi) is 12.3. The second-order valence-electron chi connectivity index (χ2n) is 9.62. The van der Waals surface area contributed by atoms with Gasteiger partial charge in [0.2, 0.25) is 0 Å². The number of hydrogen-bond donors (Lipinski definition) is 11. The second-order valence-corrected chi connectivity index (χ2v) is 9.62. The third-order valence-electron chi connectivity index (χ3n) is 6.22. The number of aliphatic hydroxyl groups excluding tert-OH is 11. The van der Waals surface area contributed by atoms with Gasteiger partial charge in [-0.25, -0.2) is 0 Å². The van der Waals surface area contributed by atoms with E-state index in [2.05, 4.69) is 0 Å². The van der Waals surface area contributed by atoms with E-state index in [4.69, 9.17) is 18.9 Å². The van der Waals surface area contributed by atoms with Crippen LogP contribution in [0.3, 0.4) is 0 Å². The van der Waals surface area contributed by atoms with E-state index in [0.29, 0.717) is 0 Å². The summed E-state index contributed by atoms with van der Waals surface area (Å²) in [4.78, 5) is 0. The Morgan fingerprint density at radius 1 is 0.639 bits per heavy atom. The minimum Gasteiger partial charge on any atom is -0.394 e. The van der Waals surface area contributed by atoms with Gasteiger partial charge in [-0.3, -0.25) is 0 Å². The van der Waals surface area contributed by atoms with Crippen molar-refractivity contribution in [3.63, 3.8) is 0 Å². The quantitative estimate of drug-likeness (QED) is 0.112. The summed E-state index contributed by atoms with van der Waals surface area (Å²) in [5, 5.41) is 110. The largest absolute Gasteiger partial charge is 0.394 e. The van der Waals surface area contributed by atoms with Gasteiger partial charge < -0.3 is 75.1 Å². The van der Waals surface area contributed by atoms with E-state index in [1.165, 1.54) is 0 Å². The Bertz CT molecular complexity index is 638. The molecule has 2 aliphatic heterocycles. The van der Waals surface area contributed by atoms with Crippen LogP contribution in [0.25, 0.3) is 0 Å². The van der Waals surface area contributed by atoms with Crippen LogP contribution in [-0.2, 0) is 18.9 Å². The van der Waals surface area contributed by atoms with Crippen LogP contribution in [0.4, 0.5) is 0 Å². The predicted octanol–water partition coefficient (Wildman–Crippen LogP) is -5.88. The van der Waals surface area contributed by atoms with Crippen LogP contribution in [0.15, 0.2) is 0 Å². The smallest absolute Gasteiger partial charge is 0.186 e. The standard InChI is InChI=1S/C21H40O15/c1-7(2)3-8(23)12(25)13(26)9(24)5-33-20-19(32)17(30)15(28)11(36-20)6-34-21-18(31)16(29)14(27)10(4-22)35-21/h7-32H,3-6H2,1-2H3/t8?,9-,10-,11-,12-,13-,14-,15-,16+,17+,18-,19-,20-,21-/m1/s1. The van der Waals surface area contributed by atoms with Crippen LogP contribution >= 0.6 is 0 Å². The molecule has 2 saturated heterocycles. The molecule has 2 fully saturated rings. The number of aliphatic hydroxyl groups is 11. The maximum atomic E-state index is 10.2. The van der Waals surface area contributed by atoms with Gasteiger partial charge in [-0.05, 0) is 12.3 Å². The minimum atomic E-state index is -1.81. The number of ether oxygens (including phenoxy) is 4. The van der Waals surface area contributed by atoms with E-state index in [-0.39, 0.29) is 12.3 Å². The lowest BCUT2D eigenvalue weighted by Crippen LogP contribution is -2.62. The Hall–Kier alpha value is -0.600. The summed E-state index contributed by atoms with van der Waals surface area (Å²) in [7, 11) is 0. The monoisotopic (exact) mass is 532 g/mol. The molecule has 0 aromatic rings. The summed E-state index contributed by atoms with van der Waals surface area (Å²) >= 11 is 0. The van der Waals surface area contributed by atoms with Crippen LogP contribution in [0, 0.1) is 5.92 Å². The molecule has 2 aliphatic rings. The molecule has 15 heteroatoms. The summed E-state index contributed by atoms with van der Waals surface area (Å²) in [5.41, 5.74) is 0. The molecule has 14 atom stereocenters. The van der Waals surface area contributed by atoms with Crippen LogP contribution < -0.4 is 0 Å². The van der Waals surface area contributed by atoms with Gasteiger partial charge in [-0.1, -0.05) is 13.8 Å². The summed E-state index contributed by atoms with van der Waals surface area (Å²) in [6.07, 6.45) is -22.5. The average Bonchev–Trinajstić information content (AvgIpc) is 2.84. The van der Waals surface area contributed by atoms with Gasteiger partial charge in [-0.2, -0.15) is 0 Å². The summed E-state index contributed by atoms with van der Waals surface area (Å²) in [6, 6.07) is 0. The highest BCUT2D eigenvalue weighted by atomic mass is 16.7. The van der Waals surface area contributed by atoms with Crippen LogP contribution in [0.5, 0.6) is 0 Å². The van der Waals surface area contributed by atoms with Gasteiger partial charge >= 0.3 is 0 Å². The molecule has 2 heterocycles. The fourth-order valence-electron chi connectivity index (χ4n) is 3.96. The van der Waals surface area contributed by atoms with Gasteiger partial charge in [0.25, 0.3) is 0 Å². The lowest BCUT2D eigenvalue weighted by atomic mass is 9.96. The van der Waals surface area contributed by atoms with E-state index >= 15 is 0 Å². The third kappa shape index (κ3) is 7.72. The number of rotatable bonds is 12. The van der Waals surface area contributed by atoms with Gasteiger partial charge in [0.1, 0.15) is 67.1 Å². The Balaban J connectivity index is 1.94. The third-order valence-corrected chi connectivity index (χ3v) is 6.22. The molecule has 0 aromatic heterocycles. The molecule has 214 valence electrons. The van der Waals surface area contributed by atoms with Gasteiger partial charge in [0.05, 0.1) is 25.9 Å². The summed E-state index contributed by atoms with van der Waals surface area (Å²) < 4.78 is 21.1. The zero-order chi connectivity index (χ0) is 27.3. The maximum Gasteiger partial charge on any atom is 0.186 e. The molecule has 0 aromatic carbocycles. The van der Waals surface area contributed by atoms with E-state index in [0.717, 1.165) is 0 Å². The van der Waals surface area contributed by atoms with Crippen molar-refractivity contribution in [1.29, 1.82) is 0 Å². The first-order chi connectivity index (χ1) is 16.8. The lowest BCUT2D eigenvalue weighted by Gasteiger charge is -2.42. The molecule has 11 N–H and O–H groups in total. The van der Waals surface area contributed by atoms with Crippen molar-refractivity contribution in [2.24, 2.45) is 5.92 Å². The van der Waals surface area contributed by atoms with E-state index in [1.54, 1.807) is 13.8 Å². The van der Waals surface area contributed by atoms with Crippen LogP contribution in [0.1, 0.15) is 20.3 Å². The predicted molar refractivity (Wildman–Crippen MR) is 116 cm³/mol. The average molecular weight is 533 g/mol. The first kappa shape index (κ1) is 31.6. The fraction of sp³-hybridized carbons (Fsp3) is 1.00. The minimum absolute atomic E-state index is 0.0103. The van der Waals surface area contributed by atoms with E-state index in [9.17, 15) is 56.2 Å². The Morgan fingerprint density at radius 2 is 1.11 bits per heavy atom. The first-order valence-electron chi connectivity index (χ1n) is 11.8. The van der Waals surface area contributed by atoms with Crippen molar-refractivity contribution in [3.8, 4) is 0 Å². The molecule has 36 heavy (non-hydrogen) atoms. The topological polar surface area (TPSA) is 259 Å². The SMILES string of the molecule is CC(C)CC(O)[C@@H](O)[C@H](O)[C@H](O)CO[C@@H]1O[C@H](CO[C@@H]2O[C@H](CO)[C@@H](O)[C@H](O)[C@H]2O)[C@@H](O)[C@H](O)[C@H]1O. The van der Waals surface area contributed by atoms with Crippen molar-refractivity contribution >= 4 is 0 Å². The van der Waals surface area contributed by atoms with Crippen molar-refractivity contribution in [3.05, 3.63) is 0 Å². The molecule has 15 nitrogen and oxygen atoms in total. The molecule has 0 aliphatic carbocycles. The van der Waals surface area contributed by atoms with Crippen molar-refractivity contribution in [2.75, 3.05) is 19.8 Å². The van der Waals surface area contributed by atoms with Crippen LogP contribution in [-0.4, -0.2) is 162 Å². The summed E-state index contributed by atoms with van der Waals surface area (Å²) in [5.74, 6) is 0.0103. The maximum absolute atomic E-state index is 10.2. The normalized spacial score (nSPS) is 41.2. The highest BCUT2D eigenvalue weighted by Crippen LogP contribution is 2.26. The lowest BCUT2D eigenvalue weighted by molar-refractivity contribution is -0.333. The van der Waals surface area contributed by atoms with E-state index in [1.807, 2.05) is 0 Å². The fourth-order valence-corrected chi connectivity index (χ4v) is 3.96. The zero-order valence-electron chi connectivity index (χ0n) is 20.0. The molecule has 0 bridgehead atoms. The molecular weight excluding hydrogens is 492 g/mol. The highest BCUT2D eigenvalue weighted by Gasteiger charge is 2.47. The van der Waals surface area contributed by atoms with Crippen molar-refractivity contribution < 1.29 is 75.1 Å². The molecule has 1 unspecified atom stereocenters. The zero-order valence-corrected chi connectivity index (χ0v) is 20.0. The molecular formula is C21H40O15. The van der Waals surface area contributed by atoms with Crippen molar-refractivity contribution in [2.45, 2.75) is 106 Å². The molecule has 0 spiro atoms. The molecule has 0 radical (unpaired) electrons. The molecule has 0 amide bonds. The summed E-state index contributed by atoms with van der Waals surface area (Å²) in [6.45, 7) is 1.63. The van der Waals surface area contributed by atoms with E-state index < -0.39 is 106 Å². The van der Waals surface area contributed by atoms with Crippen molar-refractivity contribution in [1.82, 2.24) is 0 Å². The first-order valence-corrected chi connectivity index (χ1v) is 11.8. The van der Waals surface area contributed by atoms with Gasteiger partial charge in [-0.15, -0.1) is 0 Å². The molecule has 0 saturated carbocycles. The number of hydrogen-bond acceptors (Lipinski definition) is 15. The Morgan fingerprint density at radius 3 is 1.64 bits per heavy atom. The van der Waals surface area contributed by atoms with Crippen LogP contribution in [0.2, 0.25) is 0 Å².